The first-order chi connectivity index (χ1) is 12.1. The van der Waals surface area contributed by atoms with Crippen molar-refractivity contribution >= 4 is 29.9 Å². The fourth-order valence-corrected chi connectivity index (χ4v) is 2.63. The Morgan fingerprint density at radius 3 is 2.46 bits per heavy atom. The Labute approximate surface area is 172 Å². The molecule has 0 unspecified atom stereocenters. The summed E-state index contributed by atoms with van der Waals surface area (Å²) < 4.78 is 13.6. The molecule has 2 aromatic rings. The maximum absolute atomic E-state index is 13.6. The van der Waals surface area contributed by atoms with E-state index in [4.69, 9.17) is 0 Å². The third kappa shape index (κ3) is 7.70. The van der Waals surface area contributed by atoms with Crippen molar-refractivity contribution in [3.8, 4) is 0 Å². The highest BCUT2D eigenvalue weighted by atomic mass is 127. The van der Waals surface area contributed by atoms with Crippen molar-refractivity contribution in [1.29, 1.82) is 0 Å². The van der Waals surface area contributed by atoms with Crippen LogP contribution in [0.1, 0.15) is 16.7 Å². The summed E-state index contributed by atoms with van der Waals surface area (Å²) >= 11 is 0. The average molecular weight is 470 g/mol. The van der Waals surface area contributed by atoms with Gasteiger partial charge in [-0.3, -0.25) is 4.99 Å². The van der Waals surface area contributed by atoms with Gasteiger partial charge in [-0.1, -0.05) is 42.5 Å². The molecule has 0 fully saturated rings. The van der Waals surface area contributed by atoms with Crippen LogP contribution in [0.3, 0.4) is 0 Å². The van der Waals surface area contributed by atoms with E-state index in [9.17, 15) is 4.39 Å². The van der Waals surface area contributed by atoms with Gasteiger partial charge in [-0.25, -0.2) is 4.39 Å². The van der Waals surface area contributed by atoms with E-state index < -0.39 is 0 Å². The van der Waals surface area contributed by atoms with E-state index in [-0.39, 0.29) is 29.8 Å². The molecule has 0 aliphatic heterocycles. The molecule has 0 bridgehead atoms. The Bertz CT molecular complexity index is 704. The minimum Gasteiger partial charge on any atom is -0.356 e. The van der Waals surface area contributed by atoms with E-state index in [0.717, 1.165) is 6.54 Å². The highest BCUT2D eigenvalue weighted by molar-refractivity contribution is 14.0. The number of nitrogens with one attached hydrogen (secondary N) is 2. The zero-order valence-electron chi connectivity index (χ0n) is 15.6. The first-order valence-corrected chi connectivity index (χ1v) is 8.49. The zero-order chi connectivity index (χ0) is 18.1. The van der Waals surface area contributed by atoms with E-state index in [1.54, 1.807) is 13.1 Å². The van der Waals surface area contributed by atoms with Crippen LogP contribution in [0.25, 0.3) is 0 Å². The van der Waals surface area contributed by atoms with E-state index in [0.29, 0.717) is 31.0 Å². The first kappa shape index (κ1) is 22.4. The van der Waals surface area contributed by atoms with Crippen LogP contribution in [0.2, 0.25) is 0 Å². The second-order valence-corrected chi connectivity index (χ2v) is 6.25. The second kappa shape index (κ2) is 11.9. The lowest BCUT2D eigenvalue weighted by Crippen LogP contribution is -2.37. The summed E-state index contributed by atoms with van der Waals surface area (Å²) in [6.07, 6.45) is 0.617. The quantitative estimate of drug-likeness (QED) is 0.370. The Kier molecular flexibility index (Phi) is 10.2. The molecule has 142 valence electrons. The van der Waals surface area contributed by atoms with Gasteiger partial charge in [0.2, 0.25) is 0 Å². The fourth-order valence-electron chi connectivity index (χ4n) is 2.63. The average Bonchev–Trinajstić information content (AvgIpc) is 2.59. The molecule has 0 aliphatic carbocycles. The minimum absolute atomic E-state index is 0. The van der Waals surface area contributed by atoms with Gasteiger partial charge in [0.25, 0.3) is 0 Å². The Hall–Kier alpha value is -1.67. The van der Waals surface area contributed by atoms with Crippen molar-refractivity contribution in [2.75, 3.05) is 27.7 Å². The minimum atomic E-state index is -0.162. The van der Waals surface area contributed by atoms with Gasteiger partial charge in [0, 0.05) is 26.7 Å². The summed E-state index contributed by atoms with van der Waals surface area (Å²) in [6, 6.07) is 15.4. The SMILES string of the molecule is CN=C(NCCc1ccccc1F)NCc1cccc(CN(C)C)c1.I. The summed E-state index contributed by atoms with van der Waals surface area (Å²) in [5.41, 5.74) is 3.20. The number of nitrogens with zero attached hydrogens (tertiary/aromatic N) is 2. The number of halogens is 2. The summed E-state index contributed by atoms with van der Waals surface area (Å²) in [4.78, 5) is 6.37. The van der Waals surface area contributed by atoms with Gasteiger partial charge in [-0.15, -0.1) is 24.0 Å². The third-order valence-corrected chi connectivity index (χ3v) is 3.82. The molecule has 0 aromatic heterocycles. The van der Waals surface area contributed by atoms with Crippen LogP contribution in [-0.4, -0.2) is 38.5 Å². The number of guanidine groups is 1. The molecule has 4 nitrogen and oxygen atoms in total. The zero-order valence-corrected chi connectivity index (χ0v) is 18.0. The molecule has 0 amide bonds. The van der Waals surface area contributed by atoms with Crippen LogP contribution in [0.15, 0.2) is 53.5 Å². The van der Waals surface area contributed by atoms with Crippen LogP contribution in [-0.2, 0) is 19.5 Å². The first-order valence-electron chi connectivity index (χ1n) is 8.49. The molecular weight excluding hydrogens is 442 g/mol. The van der Waals surface area contributed by atoms with Crippen molar-refractivity contribution in [3.05, 3.63) is 71.0 Å². The Morgan fingerprint density at radius 1 is 1.04 bits per heavy atom. The second-order valence-electron chi connectivity index (χ2n) is 6.25. The standard InChI is InChI=1S/C20H27FN4.HI/c1-22-20(23-12-11-18-9-4-5-10-19(18)21)24-14-16-7-6-8-17(13-16)15-25(2)3;/h4-10,13H,11-12,14-15H2,1-3H3,(H2,22,23,24);1H. The number of rotatable bonds is 7. The molecule has 2 aromatic carbocycles. The van der Waals surface area contributed by atoms with E-state index >= 15 is 0 Å². The van der Waals surface area contributed by atoms with Gasteiger partial charge in [0.15, 0.2) is 5.96 Å². The van der Waals surface area contributed by atoms with Crippen LogP contribution in [0.4, 0.5) is 4.39 Å². The molecule has 0 atom stereocenters. The predicted molar refractivity (Wildman–Crippen MR) is 118 cm³/mol. The van der Waals surface area contributed by atoms with Crippen LogP contribution >= 0.6 is 24.0 Å². The fraction of sp³-hybridized carbons (Fsp3) is 0.350. The molecule has 2 N–H and O–H groups in total. The van der Waals surface area contributed by atoms with Gasteiger partial charge >= 0.3 is 0 Å². The monoisotopic (exact) mass is 470 g/mol. The van der Waals surface area contributed by atoms with Crippen molar-refractivity contribution < 1.29 is 4.39 Å². The molecule has 26 heavy (non-hydrogen) atoms. The lowest BCUT2D eigenvalue weighted by atomic mass is 10.1. The normalized spacial score (nSPS) is 11.2. The van der Waals surface area contributed by atoms with Gasteiger partial charge in [-0.2, -0.15) is 0 Å². The number of hydrogen-bond donors (Lipinski definition) is 2. The molecule has 0 saturated heterocycles. The van der Waals surface area contributed by atoms with Crippen molar-refractivity contribution in [3.63, 3.8) is 0 Å². The van der Waals surface area contributed by atoms with Crippen molar-refractivity contribution in [2.45, 2.75) is 19.5 Å². The molecule has 0 radical (unpaired) electrons. The predicted octanol–water partition coefficient (Wildman–Crippen LogP) is 3.41. The van der Waals surface area contributed by atoms with Gasteiger partial charge in [0.1, 0.15) is 5.82 Å². The molecular formula is C20H28FIN4. The van der Waals surface area contributed by atoms with E-state index in [1.165, 1.54) is 17.2 Å². The van der Waals surface area contributed by atoms with Crippen LogP contribution in [0, 0.1) is 5.82 Å². The molecule has 0 heterocycles. The maximum atomic E-state index is 13.6. The summed E-state index contributed by atoms with van der Waals surface area (Å²) in [7, 11) is 5.86. The Morgan fingerprint density at radius 2 is 1.77 bits per heavy atom. The lowest BCUT2D eigenvalue weighted by molar-refractivity contribution is 0.402. The molecule has 0 spiro atoms. The summed E-state index contributed by atoms with van der Waals surface area (Å²) in [5, 5.41) is 6.52. The number of benzene rings is 2. The lowest BCUT2D eigenvalue weighted by Gasteiger charge is -2.14. The van der Waals surface area contributed by atoms with Gasteiger partial charge in [0.05, 0.1) is 0 Å². The van der Waals surface area contributed by atoms with Crippen molar-refractivity contribution in [1.82, 2.24) is 15.5 Å². The van der Waals surface area contributed by atoms with Gasteiger partial charge < -0.3 is 15.5 Å². The highest BCUT2D eigenvalue weighted by Crippen LogP contribution is 2.07. The van der Waals surface area contributed by atoms with Crippen LogP contribution < -0.4 is 10.6 Å². The van der Waals surface area contributed by atoms with E-state index in [2.05, 4.69) is 58.9 Å². The number of hydrogen-bond acceptors (Lipinski definition) is 2. The van der Waals surface area contributed by atoms with Crippen LogP contribution in [0.5, 0.6) is 0 Å². The topological polar surface area (TPSA) is 39.7 Å². The summed E-state index contributed by atoms with van der Waals surface area (Å²) in [5.74, 6) is 0.555. The Balaban J connectivity index is 0.00000338. The smallest absolute Gasteiger partial charge is 0.191 e. The van der Waals surface area contributed by atoms with Gasteiger partial charge in [-0.05, 0) is 43.3 Å². The molecule has 6 heteroatoms. The maximum Gasteiger partial charge on any atom is 0.191 e. The number of aliphatic imine (C=N–C) groups is 1. The molecule has 0 aliphatic rings. The van der Waals surface area contributed by atoms with Crippen molar-refractivity contribution in [2.24, 2.45) is 4.99 Å². The highest BCUT2D eigenvalue weighted by Gasteiger charge is 2.03. The summed E-state index contributed by atoms with van der Waals surface area (Å²) in [6.45, 7) is 2.24. The van der Waals surface area contributed by atoms with E-state index in [1.807, 2.05) is 12.1 Å². The molecule has 2 rings (SSSR count). The third-order valence-electron chi connectivity index (χ3n) is 3.82. The largest absolute Gasteiger partial charge is 0.356 e. The molecule has 0 saturated carbocycles.